The lowest BCUT2D eigenvalue weighted by atomic mass is 10.1. The normalized spacial score (nSPS) is 12.0. The van der Waals surface area contributed by atoms with Crippen LogP contribution in [0, 0.1) is 0 Å². The molecule has 0 aliphatic carbocycles. The van der Waals surface area contributed by atoms with Gasteiger partial charge in [0.1, 0.15) is 0 Å². The highest BCUT2D eigenvalue weighted by Gasteiger charge is 2.12. The Morgan fingerprint density at radius 1 is 0.700 bits per heavy atom. The van der Waals surface area contributed by atoms with Crippen LogP contribution < -0.4 is 0 Å². The first kappa shape index (κ1) is 10.0. The van der Waals surface area contributed by atoms with E-state index in [1.165, 1.54) is 16.2 Å². The van der Waals surface area contributed by atoms with Crippen LogP contribution in [0.25, 0.3) is 43.7 Å². The molecule has 0 atom stereocenters. The summed E-state index contributed by atoms with van der Waals surface area (Å²) >= 11 is 0. The van der Waals surface area contributed by atoms with E-state index >= 15 is 0 Å². The topological polar surface area (TPSA) is 44.5 Å². The van der Waals surface area contributed by atoms with E-state index in [1.54, 1.807) is 0 Å². The number of hydrogen-bond donors (Lipinski definition) is 2. The standard InChI is InChI=1S/C17H11N3/c1-3-7-12-10(5-1)15-14(19-12)9-18-16-11-6-2-4-8-13(11)20-17(15)16/h1-9,19-20H. The Morgan fingerprint density at radius 3 is 2.25 bits per heavy atom. The number of nitrogens with zero attached hydrogens (tertiary/aromatic N) is 1. The van der Waals surface area contributed by atoms with Crippen LogP contribution in [0.5, 0.6) is 0 Å². The van der Waals surface area contributed by atoms with Gasteiger partial charge in [-0.1, -0.05) is 36.4 Å². The number of pyridine rings is 1. The quantitative estimate of drug-likeness (QED) is 0.425. The first-order valence-electron chi connectivity index (χ1n) is 6.68. The first-order chi connectivity index (χ1) is 9.92. The summed E-state index contributed by atoms with van der Waals surface area (Å²) in [6, 6.07) is 16.7. The summed E-state index contributed by atoms with van der Waals surface area (Å²) in [5.41, 5.74) is 5.51. The van der Waals surface area contributed by atoms with Crippen molar-refractivity contribution in [3.05, 3.63) is 54.7 Å². The van der Waals surface area contributed by atoms with Gasteiger partial charge in [0.15, 0.2) is 0 Å². The van der Waals surface area contributed by atoms with Crippen molar-refractivity contribution in [1.29, 1.82) is 0 Å². The van der Waals surface area contributed by atoms with E-state index in [0.717, 1.165) is 27.6 Å². The maximum Gasteiger partial charge on any atom is 0.0965 e. The van der Waals surface area contributed by atoms with Crippen molar-refractivity contribution in [3.8, 4) is 0 Å². The van der Waals surface area contributed by atoms with Gasteiger partial charge in [-0.25, -0.2) is 0 Å². The molecule has 0 unspecified atom stereocenters. The summed E-state index contributed by atoms with van der Waals surface area (Å²) in [7, 11) is 0. The van der Waals surface area contributed by atoms with Gasteiger partial charge < -0.3 is 9.97 Å². The maximum atomic E-state index is 4.63. The molecule has 5 aromatic rings. The van der Waals surface area contributed by atoms with E-state index in [2.05, 4.69) is 51.4 Å². The molecular formula is C17H11N3. The van der Waals surface area contributed by atoms with Crippen molar-refractivity contribution >= 4 is 43.7 Å². The van der Waals surface area contributed by atoms with E-state index in [4.69, 9.17) is 0 Å². The fourth-order valence-electron chi connectivity index (χ4n) is 3.10. The van der Waals surface area contributed by atoms with Crippen LogP contribution in [0.15, 0.2) is 54.7 Å². The van der Waals surface area contributed by atoms with Crippen LogP contribution in [-0.4, -0.2) is 15.0 Å². The van der Waals surface area contributed by atoms with Crippen LogP contribution >= 0.6 is 0 Å². The second-order valence-corrected chi connectivity index (χ2v) is 5.11. The monoisotopic (exact) mass is 257 g/mol. The minimum absolute atomic E-state index is 1.04. The molecule has 20 heavy (non-hydrogen) atoms. The molecule has 3 heteroatoms. The number of hydrogen-bond acceptors (Lipinski definition) is 1. The van der Waals surface area contributed by atoms with Crippen molar-refractivity contribution in [2.75, 3.05) is 0 Å². The number of nitrogens with one attached hydrogen (secondary N) is 2. The van der Waals surface area contributed by atoms with Gasteiger partial charge in [-0.15, -0.1) is 0 Å². The smallest absolute Gasteiger partial charge is 0.0965 e. The summed E-state index contributed by atoms with van der Waals surface area (Å²) in [4.78, 5) is 11.6. The summed E-state index contributed by atoms with van der Waals surface area (Å²) in [6.45, 7) is 0. The molecule has 0 fully saturated rings. The van der Waals surface area contributed by atoms with Gasteiger partial charge in [0.2, 0.25) is 0 Å². The summed E-state index contributed by atoms with van der Waals surface area (Å²) in [6.07, 6.45) is 1.93. The molecule has 94 valence electrons. The molecule has 0 saturated carbocycles. The number of H-pyrrole nitrogens is 2. The number of para-hydroxylation sites is 2. The van der Waals surface area contributed by atoms with E-state index in [-0.39, 0.29) is 0 Å². The molecule has 0 bridgehead atoms. The maximum absolute atomic E-state index is 4.63. The van der Waals surface area contributed by atoms with Crippen molar-refractivity contribution in [3.63, 3.8) is 0 Å². The highest BCUT2D eigenvalue weighted by atomic mass is 14.8. The Kier molecular flexibility index (Phi) is 1.70. The molecule has 0 aliphatic rings. The van der Waals surface area contributed by atoms with Gasteiger partial charge in [-0.3, -0.25) is 4.98 Å². The molecule has 5 rings (SSSR count). The molecule has 2 aromatic carbocycles. The summed E-state index contributed by atoms with van der Waals surface area (Å²) < 4.78 is 0. The van der Waals surface area contributed by atoms with Crippen LogP contribution in [0.4, 0.5) is 0 Å². The molecule has 3 aromatic heterocycles. The van der Waals surface area contributed by atoms with E-state index in [9.17, 15) is 0 Å². The molecule has 0 amide bonds. The second kappa shape index (κ2) is 3.39. The minimum Gasteiger partial charge on any atom is -0.353 e. The third kappa shape index (κ3) is 1.12. The third-order valence-electron chi connectivity index (χ3n) is 3.99. The summed E-state index contributed by atoms with van der Waals surface area (Å²) in [5, 5.41) is 3.64. The predicted molar refractivity (Wildman–Crippen MR) is 83.0 cm³/mol. The first-order valence-corrected chi connectivity index (χ1v) is 6.68. The molecule has 0 aliphatic heterocycles. The number of fused-ring (bicyclic) bond motifs is 7. The Bertz CT molecular complexity index is 1100. The lowest BCUT2D eigenvalue weighted by molar-refractivity contribution is 1.42. The lowest BCUT2D eigenvalue weighted by Crippen LogP contribution is -1.76. The van der Waals surface area contributed by atoms with Gasteiger partial charge in [0, 0.05) is 27.2 Å². The van der Waals surface area contributed by atoms with E-state index in [0.29, 0.717) is 0 Å². The second-order valence-electron chi connectivity index (χ2n) is 5.11. The average Bonchev–Trinajstić information content (AvgIpc) is 3.04. The highest BCUT2D eigenvalue weighted by Crippen LogP contribution is 2.33. The zero-order chi connectivity index (χ0) is 13.1. The van der Waals surface area contributed by atoms with Crippen molar-refractivity contribution in [1.82, 2.24) is 15.0 Å². The highest BCUT2D eigenvalue weighted by molar-refractivity contribution is 6.22. The zero-order valence-corrected chi connectivity index (χ0v) is 10.6. The Balaban J connectivity index is 2.14. The van der Waals surface area contributed by atoms with Gasteiger partial charge in [-0.05, 0) is 12.1 Å². The molecule has 0 saturated heterocycles. The van der Waals surface area contributed by atoms with Gasteiger partial charge in [-0.2, -0.15) is 0 Å². The SMILES string of the molecule is c1ccc2c(c1)[nH]c1c2ncc2[nH]c3ccccc3c21. The van der Waals surface area contributed by atoms with Crippen LogP contribution in [0.3, 0.4) is 0 Å². The van der Waals surface area contributed by atoms with Gasteiger partial charge in [0.25, 0.3) is 0 Å². The van der Waals surface area contributed by atoms with Crippen molar-refractivity contribution < 1.29 is 0 Å². The molecular weight excluding hydrogens is 246 g/mol. The Labute approximate surface area is 114 Å². The Hall–Kier alpha value is -2.81. The fraction of sp³-hybridized carbons (Fsp3) is 0. The predicted octanol–water partition coefficient (Wildman–Crippen LogP) is 4.35. The summed E-state index contributed by atoms with van der Waals surface area (Å²) in [5.74, 6) is 0. The van der Waals surface area contributed by atoms with Crippen LogP contribution in [-0.2, 0) is 0 Å². The number of benzene rings is 2. The van der Waals surface area contributed by atoms with E-state index < -0.39 is 0 Å². The van der Waals surface area contributed by atoms with E-state index in [1.807, 2.05) is 18.3 Å². The van der Waals surface area contributed by atoms with Crippen molar-refractivity contribution in [2.24, 2.45) is 0 Å². The largest absolute Gasteiger partial charge is 0.353 e. The number of aromatic amines is 2. The lowest BCUT2D eigenvalue weighted by Gasteiger charge is -1.94. The molecule has 2 N–H and O–H groups in total. The number of aromatic nitrogens is 3. The minimum atomic E-state index is 1.04. The van der Waals surface area contributed by atoms with Gasteiger partial charge >= 0.3 is 0 Å². The molecule has 0 radical (unpaired) electrons. The molecule has 3 nitrogen and oxygen atoms in total. The Morgan fingerprint density at radius 2 is 1.40 bits per heavy atom. The van der Waals surface area contributed by atoms with Crippen LogP contribution in [0.1, 0.15) is 0 Å². The zero-order valence-electron chi connectivity index (χ0n) is 10.6. The van der Waals surface area contributed by atoms with Crippen molar-refractivity contribution in [2.45, 2.75) is 0 Å². The fourth-order valence-corrected chi connectivity index (χ4v) is 3.10. The third-order valence-corrected chi connectivity index (χ3v) is 3.99. The van der Waals surface area contributed by atoms with Gasteiger partial charge in [0.05, 0.1) is 22.7 Å². The number of rotatable bonds is 0. The molecule has 3 heterocycles. The molecule has 0 spiro atoms. The van der Waals surface area contributed by atoms with Crippen LogP contribution in [0.2, 0.25) is 0 Å². The average molecular weight is 257 g/mol.